The number of nitrogens with one attached hydrogen (secondary N) is 1. The van der Waals surface area contributed by atoms with E-state index in [9.17, 15) is 39.6 Å². The van der Waals surface area contributed by atoms with E-state index in [4.69, 9.17) is 0 Å². The van der Waals surface area contributed by atoms with Crippen molar-refractivity contribution in [3.8, 4) is 0 Å². The van der Waals surface area contributed by atoms with E-state index in [-0.39, 0.29) is 37.0 Å². The van der Waals surface area contributed by atoms with Gasteiger partial charge in [-0.3, -0.25) is 4.79 Å². The molecule has 1 saturated heterocycles. The molecular formula is C17H17F6N5O3S. The van der Waals surface area contributed by atoms with Crippen LogP contribution >= 0.6 is 0 Å². The zero-order valence-electron chi connectivity index (χ0n) is 16.6. The van der Waals surface area contributed by atoms with Crippen LogP contribution in [0.3, 0.4) is 0 Å². The van der Waals surface area contributed by atoms with E-state index in [0.717, 1.165) is 4.31 Å². The summed E-state index contributed by atoms with van der Waals surface area (Å²) in [4.78, 5) is 12.8. The quantitative estimate of drug-likeness (QED) is 0.675. The number of hydrogen-bond donors (Lipinski definition) is 1. The van der Waals surface area contributed by atoms with Crippen molar-refractivity contribution in [3.63, 3.8) is 0 Å². The third kappa shape index (κ3) is 4.57. The fourth-order valence-electron chi connectivity index (χ4n) is 3.53. The van der Waals surface area contributed by atoms with E-state index in [1.807, 2.05) is 0 Å². The van der Waals surface area contributed by atoms with Crippen LogP contribution < -0.4 is 0 Å². The van der Waals surface area contributed by atoms with Gasteiger partial charge in [0.1, 0.15) is 0 Å². The molecule has 15 heteroatoms. The summed E-state index contributed by atoms with van der Waals surface area (Å²) in [5.41, 5.74) is -3.48. The molecule has 3 rings (SSSR count). The fraction of sp³-hybridized carbons (Fsp3) is 0.471. The lowest BCUT2D eigenvalue weighted by Gasteiger charge is -2.43. The van der Waals surface area contributed by atoms with Crippen LogP contribution in [0.25, 0.3) is 0 Å². The van der Waals surface area contributed by atoms with E-state index in [1.54, 1.807) is 0 Å². The number of aromatic amines is 1. The molecule has 1 N–H and O–H groups in total. The van der Waals surface area contributed by atoms with Gasteiger partial charge in [0.05, 0.1) is 22.2 Å². The Morgan fingerprint density at radius 2 is 1.50 bits per heavy atom. The zero-order valence-corrected chi connectivity index (χ0v) is 17.4. The molecule has 1 aromatic heterocycles. The number of amides is 1. The number of hydrogen-bond acceptors (Lipinski definition) is 5. The number of aromatic nitrogens is 3. The first-order chi connectivity index (χ1) is 14.6. The summed E-state index contributed by atoms with van der Waals surface area (Å²) in [6, 6.07) is -1.28. The van der Waals surface area contributed by atoms with Crippen LogP contribution in [0.4, 0.5) is 26.3 Å². The third-order valence-electron chi connectivity index (χ3n) is 4.95. The van der Waals surface area contributed by atoms with E-state index in [1.165, 1.54) is 24.9 Å². The first-order valence-corrected chi connectivity index (χ1v) is 10.5. The molecule has 1 fully saturated rings. The third-order valence-corrected chi connectivity index (χ3v) is 6.76. The molecule has 8 nitrogen and oxygen atoms in total. The van der Waals surface area contributed by atoms with Crippen molar-refractivity contribution in [3.05, 3.63) is 41.2 Å². The molecule has 2 atom stereocenters. The highest BCUT2D eigenvalue weighted by Gasteiger charge is 2.42. The fourth-order valence-corrected chi connectivity index (χ4v) is 5.21. The average molecular weight is 485 g/mol. The predicted octanol–water partition coefficient (Wildman–Crippen LogP) is 2.77. The highest BCUT2D eigenvalue weighted by molar-refractivity contribution is 7.89. The van der Waals surface area contributed by atoms with Crippen LogP contribution in [0, 0.1) is 0 Å². The van der Waals surface area contributed by atoms with E-state index >= 15 is 0 Å². The second-order valence-corrected chi connectivity index (χ2v) is 9.27. The highest BCUT2D eigenvalue weighted by atomic mass is 32.2. The summed E-state index contributed by atoms with van der Waals surface area (Å²) in [5.74, 6) is -0.547. The number of sulfonamides is 1. The Hall–Kier alpha value is -2.68. The molecule has 0 aliphatic carbocycles. The Bertz CT molecular complexity index is 1060. The summed E-state index contributed by atoms with van der Waals surface area (Å²) in [5, 5.41) is 9.46. The SMILES string of the molecule is C[C@@H]1CN(S(=O)(=O)c2cc(C(F)(F)F)cc(C(F)(F)F)c2)C[C@H](C)N1C(=O)c1cn[nH]n1. The van der Waals surface area contributed by atoms with Crippen LogP contribution in [0.2, 0.25) is 0 Å². The Morgan fingerprint density at radius 3 is 1.91 bits per heavy atom. The Labute approximate surface area is 178 Å². The van der Waals surface area contributed by atoms with Crippen molar-refractivity contribution in [2.75, 3.05) is 13.1 Å². The molecule has 32 heavy (non-hydrogen) atoms. The van der Waals surface area contributed by atoms with Crippen molar-refractivity contribution < 1.29 is 39.6 Å². The molecule has 0 radical (unpaired) electrons. The van der Waals surface area contributed by atoms with Crippen LogP contribution in [0.5, 0.6) is 0 Å². The van der Waals surface area contributed by atoms with E-state index < -0.39 is 56.4 Å². The Kier molecular flexibility index (Phi) is 6.01. The molecular weight excluding hydrogens is 468 g/mol. The van der Waals surface area contributed by atoms with Crippen LogP contribution in [0.15, 0.2) is 29.3 Å². The lowest BCUT2D eigenvalue weighted by Crippen LogP contribution is -2.59. The zero-order chi connectivity index (χ0) is 24.1. The standard InChI is InChI=1S/C17H17F6N5O3S/c1-9-7-27(8-10(2)28(9)15(29)14-6-24-26-25-14)32(30,31)13-4-11(16(18,19)20)3-12(5-13)17(21,22)23/h3-6,9-10H,7-8H2,1-2H3,(H,24,25,26)/t9-,10+. The topological polar surface area (TPSA) is 99.3 Å². The lowest BCUT2D eigenvalue weighted by atomic mass is 10.1. The second kappa shape index (κ2) is 8.03. The van der Waals surface area contributed by atoms with Gasteiger partial charge in [0.15, 0.2) is 5.69 Å². The predicted molar refractivity (Wildman–Crippen MR) is 96.7 cm³/mol. The number of benzene rings is 1. The van der Waals surface area contributed by atoms with Gasteiger partial charge in [0.25, 0.3) is 5.91 Å². The van der Waals surface area contributed by atoms with Gasteiger partial charge < -0.3 is 4.90 Å². The van der Waals surface area contributed by atoms with Gasteiger partial charge in [-0.25, -0.2) is 8.42 Å². The lowest BCUT2D eigenvalue weighted by molar-refractivity contribution is -0.143. The van der Waals surface area contributed by atoms with Crippen molar-refractivity contribution in [1.29, 1.82) is 0 Å². The minimum atomic E-state index is -5.19. The molecule has 1 aromatic carbocycles. The Balaban J connectivity index is 1.96. The normalized spacial score (nSPS) is 21.1. The van der Waals surface area contributed by atoms with Crippen molar-refractivity contribution in [1.82, 2.24) is 24.6 Å². The number of halogens is 6. The summed E-state index contributed by atoms with van der Waals surface area (Å²) in [6.07, 6.45) is -9.20. The number of alkyl halides is 6. The number of rotatable bonds is 3. The van der Waals surface area contributed by atoms with Crippen LogP contribution in [-0.4, -0.2) is 64.1 Å². The first-order valence-electron chi connectivity index (χ1n) is 9.10. The maximum atomic E-state index is 13.1. The molecule has 0 spiro atoms. The molecule has 2 aromatic rings. The molecule has 0 unspecified atom stereocenters. The molecule has 1 amide bonds. The summed E-state index contributed by atoms with van der Waals surface area (Å²) in [6.45, 7) is 2.33. The largest absolute Gasteiger partial charge is 0.416 e. The molecule has 0 saturated carbocycles. The minimum Gasteiger partial charge on any atom is -0.329 e. The molecule has 176 valence electrons. The van der Waals surface area contributed by atoms with Gasteiger partial charge in [-0.05, 0) is 32.0 Å². The van der Waals surface area contributed by atoms with E-state index in [0.29, 0.717) is 0 Å². The Morgan fingerprint density at radius 1 is 1.00 bits per heavy atom. The van der Waals surface area contributed by atoms with Gasteiger partial charge in [-0.1, -0.05) is 0 Å². The maximum Gasteiger partial charge on any atom is 0.416 e. The van der Waals surface area contributed by atoms with Gasteiger partial charge >= 0.3 is 12.4 Å². The number of nitrogens with zero attached hydrogens (tertiary/aromatic N) is 4. The maximum absolute atomic E-state index is 13.1. The monoisotopic (exact) mass is 485 g/mol. The van der Waals surface area contributed by atoms with Crippen molar-refractivity contribution >= 4 is 15.9 Å². The van der Waals surface area contributed by atoms with Gasteiger partial charge in [0, 0.05) is 25.2 Å². The molecule has 0 bridgehead atoms. The van der Waals surface area contributed by atoms with Crippen LogP contribution in [-0.2, 0) is 22.4 Å². The molecule has 1 aliphatic rings. The van der Waals surface area contributed by atoms with E-state index in [2.05, 4.69) is 15.4 Å². The van der Waals surface area contributed by atoms with Crippen molar-refractivity contribution in [2.45, 2.75) is 43.2 Å². The van der Waals surface area contributed by atoms with Crippen molar-refractivity contribution in [2.24, 2.45) is 0 Å². The van der Waals surface area contributed by atoms with Crippen LogP contribution in [0.1, 0.15) is 35.5 Å². The highest BCUT2D eigenvalue weighted by Crippen LogP contribution is 2.38. The van der Waals surface area contributed by atoms with Gasteiger partial charge in [-0.15, -0.1) is 0 Å². The smallest absolute Gasteiger partial charge is 0.329 e. The minimum absolute atomic E-state index is 0.0206. The summed E-state index contributed by atoms with van der Waals surface area (Å²) < 4.78 is 106. The summed E-state index contributed by atoms with van der Waals surface area (Å²) >= 11 is 0. The second-order valence-electron chi connectivity index (χ2n) is 7.33. The number of piperazine rings is 1. The van der Waals surface area contributed by atoms with Gasteiger partial charge in [0.2, 0.25) is 10.0 Å². The number of H-pyrrole nitrogens is 1. The number of carbonyl (C=O) groups excluding carboxylic acids is 1. The molecule has 2 heterocycles. The number of carbonyl (C=O) groups is 1. The average Bonchev–Trinajstić information content (AvgIpc) is 3.20. The van der Waals surface area contributed by atoms with Gasteiger partial charge in [-0.2, -0.15) is 46.1 Å². The first kappa shape index (κ1) is 24.0. The molecule has 1 aliphatic heterocycles. The summed E-state index contributed by atoms with van der Waals surface area (Å²) in [7, 11) is -4.74.